The molecule has 26 heavy (non-hydrogen) atoms. The van der Waals surface area contributed by atoms with Crippen LogP contribution in [0.4, 0.5) is 0 Å². The maximum absolute atomic E-state index is 12.9. The Kier molecular flexibility index (Phi) is 6.28. The lowest BCUT2D eigenvalue weighted by atomic mass is 9.98. The molecule has 2 aromatic rings. The van der Waals surface area contributed by atoms with Crippen molar-refractivity contribution in [2.24, 2.45) is 0 Å². The topological polar surface area (TPSA) is 84.9 Å². The van der Waals surface area contributed by atoms with Crippen LogP contribution in [0.25, 0.3) is 0 Å². The van der Waals surface area contributed by atoms with E-state index in [2.05, 4.69) is 4.72 Å². The molecule has 6 nitrogen and oxygen atoms in total. The number of hydrogen-bond donors (Lipinski definition) is 2. The van der Waals surface area contributed by atoms with E-state index in [1.54, 1.807) is 55.6 Å². The van der Waals surface area contributed by atoms with Crippen molar-refractivity contribution in [2.75, 3.05) is 14.2 Å². The zero-order chi connectivity index (χ0) is 19.4. The molecule has 0 saturated heterocycles. The Morgan fingerprint density at radius 2 is 1.73 bits per heavy atom. The molecule has 0 heterocycles. The van der Waals surface area contributed by atoms with Crippen LogP contribution in [0, 0.1) is 0 Å². The molecule has 7 heteroatoms. The predicted octanol–water partition coefficient (Wildman–Crippen LogP) is 2.64. The molecule has 2 rings (SSSR count). The maximum Gasteiger partial charge on any atom is 0.221 e. The summed E-state index contributed by atoms with van der Waals surface area (Å²) in [5.41, 5.74) is -0.273. The van der Waals surface area contributed by atoms with Crippen molar-refractivity contribution in [1.29, 1.82) is 0 Å². The first-order valence-corrected chi connectivity index (χ1v) is 9.70. The van der Waals surface area contributed by atoms with Gasteiger partial charge < -0.3 is 14.6 Å². The fourth-order valence-electron chi connectivity index (χ4n) is 2.85. The smallest absolute Gasteiger partial charge is 0.221 e. The van der Waals surface area contributed by atoms with Gasteiger partial charge in [-0.05, 0) is 25.5 Å². The lowest BCUT2D eigenvalue weighted by molar-refractivity contribution is 0.0743. The SMILES string of the molecule is COc1ccc(CNS(=O)(=O)C(c2ccccc2)C(C)(C)O)c(OC)c1. The van der Waals surface area contributed by atoms with Crippen LogP contribution in [-0.4, -0.2) is 33.3 Å². The molecule has 1 unspecified atom stereocenters. The molecule has 1 atom stereocenters. The third-order valence-electron chi connectivity index (χ3n) is 4.01. The second kappa shape index (κ2) is 8.07. The minimum atomic E-state index is -3.86. The number of aliphatic hydroxyl groups is 1. The minimum absolute atomic E-state index is 0.0366. The van der Waals surface area contributed by atoms with Crippen molar-refractivity contribution in [1.82, 2.24) is 4.72 Å². The molecule has 0 saturated carbocycles. The summed E-state index contributed by atoms with van der Waals surface area (Å²) in [4.78, 5) is 0. The summed E-state index contributed by atoms with van der Waals surface area (Å²) in [6.07, 6.45) is 0. The molecule has 0 spiro atoms. The fourth-order valence-corrected chi connectivity index (χ4v) is 4.65. The van der Waals surface area contributed by atoms with Crippen LogP contribution in [0.5, 0.6) is 11.5 Å². The molecule has 2 aromatic carbocycles. The first kappa shape index (κ1) is 20.2. The molecular weight excluding hydrogens is 354 g/mol. The Hall–Kier alpha value is -2.09. The van der Waals surface area contributed by atoms with Crippen molar-refractivity contribution in [3.05, 3.63) is 59.7 Å². The van der Waals surface area contributed by atoms with Crippen molar-refractivity contribution < 1.29 is 23.0 Å². The molecule has 0 aliphatic carbocycles. The lowest BCUT2D eigenvalue weighted by Crippen LogP contribution is -2.40. The first-order valence-electron chi connectivity index (χ1n) is 8.15. The number of benzene rings is 2. The van der Waals surface area contributed by atoms with E-state index in [9.17, 15) is 13.5 Å². The fraction of sp³-hybridized carbons (Fsp3) is 0.368. The van der Waals surface area contributed by atoms with Gasteiger partial charge in [-0.15, -0.1) is 0 Å². The Morgan fingerprint density at radius 1 is 1.08 bits per heavy atom. The number of nitrogens with one attached hydrogen (secondary N) is 1. The number of methoxy groups -OCH3 is 2. The Morgan fingerprint density at radius 3 is 2.27 bits per heavy atom. The van der Waals surface area contributed by atoms with E-state index in [4.69, 9.17) is 9.47 Å². The largest absolute Gasteiger partial charge is 0.497 e. The van der Waals surface area contributed by atoms with Crippen molar-refractivity contribution >= 4 is 10.0 Å². The summed E-state index contributed by atoms with van der Waals surface area (Å²) in [5, 5.41) is 9.36. The van der Waals surface area contributed by atoms with Crippen molar-refractivity contribution in [2.45, 2.75) is 31.2 Å². The van der Waals surface area contributed by atoms with Gasteiger partial charge in [0.25, 0.3) is 0 Å². The van der Waals surface area contributed by atoms with Gasteiger partial charge in [0.05, 0.1) is 19.8 Å². The van der Waals surface area contributed by atoms with Crippen LogP contribution < -0.4 is 14.2 Å². The average molecular weight is 379 g/mol. The third-order valence-corrected chi connectivity index (χ3v) is 6.03. The number of hydrogen-bond acceptors (Lipinski definition) is 5. The summed E-state index contributed by atoms with van der Waals surface area (Å²) in [6.45, 7) is 3.00. The highest BCUT2D eigenvalue weighted by Gasteiger charge is 2.39. The van der Waals surface area contributed by atoms with Crippen LogP contribution >= 0.6 is 0 Å². The first-order chi connectivity index (χ1) is 12.2. The molecule has 0 aliphatic rings. The van der Waals surface area contributed by atoms with Crippen LogP contribution in [0.15, 0.2) is 48.5 Å². The molecule has 2 N–H and O–H groups in total. The van der Waals surface area contributed by atoms with Gasteiger partial charge in [0.15, 0.2) is 0 Å². The summed E-state index contributed by atoms with van der Waals surface area (Å²) in [7, 11) is -0.802. The van der Waals surface area contributed by atoms with E-state index in [1.165, 1.54) is 21.0 Å². The minimum Gasteiger partial charge on any atom is -0.497 e. The second-order valence-electron chi connectivity index (χ2n) is 6.49. The van der Waals surface area contributed by atoms with E-state index in [1.807, 2.05) is 0 Å². The van der Waals surface area contributed by atoms with Crippen LogP contribution in [0.1, 0.15) is 30.2 Å². The number of sulfonamides is 1. The molecule has 0 fully saturated rings. The third kappa shape index (κ3) is 4.75. The summed E-state index contributed by atoms with van der Waals surface area (Å²) < 4.78 is 38.9. The van der Waals surface area contributed by atoms with E-state index in [0.717, 1.165) is 0 Å². The van der Waals surface area contributed by atoms with Crippen molar-refractivity contribution in [3.63, 3.8) is 0 Å². The second-order valence-corrected chi connectivity index (χ2v) is 8.34. The standard InChI is InChI=1S/C19H25NO5S/c1-19(2,21)18(14-8-6-5-7-9-14)26(22,23)20-13-15-10-11-16(24-3)12-17(15)25-4/h5-12,18,20-21H,13H2,1-4H3. The molecule has 0 aromatic heterocycles. The predicted molar refractivity (Wildman–Crippen MR) is 101 cm³/mol. The highest BCUT2D eigenvalue weighted by Crippen LogP contribution is 2.33. The maximum atomic E-state index is 12.9. The zero-order valence-electron chi connectivity index (χ0n) is 15.4. The van der Waals surface area contributed by atoms with E-state index >= 15 is 0 Å². The van der Waals surface area contributed by atoms with Crippen molar-refractivity contribution in [3.8, 4) is 11.5 Å². The number of rotatable bonds is 8. The quantitative estimate of drug-likeness (QED) is 0.737. The average Bonchev–Trinajstić information content (AvgIpc) is 2.59. The summed E-state index contributed by atoms with van der Waals surface area (Å²) in [6, 6.07) is 13.8. The van der Waals surface area contributed by atoms with Crippen LogP contribution in [-0.2, 0) is 16.6 Å². The summed E-state index contributed by atoms with van der Waals surface area (Å²) >= 11 is 0. The highest BCUT2D eigenvalue weighted by atomic mass is 32.2. The van der Waals surface area contributed by atoms with Gasteiger partial charge in [-0.25, -0.2) is 13.1 Å². The van der Waals surface area contributed by atoms with Crippen LogP contribution in [0.3, 0.4) is 0 Å². The van der Waals surface area contributed by atoms with Gasteiger partial charge in [-0.2, -0.15) is 0 Å². The van der Waals surface area contributed by atoms with Gasteiger partial charge in [-0.1, -0.05) is 36.4 Å². The van der Waals surface area contributed by atoms with Gasteiger partial charge in [-0.3, -0.25) is 0 Å². The zero-order valence-corrected chi connectivity index (χ0v) is 16.2. The molecule has 142 valence electrons. The van der Waals surface area contributed by atoms with Crippen LogP contribution in [0.2, 0.25) is 0 Å². The van der Waals surface area contributed by atoms with Gasteiger partial charge in [0, 0.05) is 18.2 Å². The van der Waals surface area contributed by atoms with E-state index in [0.29, 0.717) is 22.6 Å². The normalized spacial score (nSPS) is 13.3. The van der Waals surface area contributed by atoms with E-state index in [-0.39, 0.29) is 6.54 Å². The summed E-state index contributed by atoms with van der Waals surface area (Å²) in [5.74, 6) is 1.14. The highest BCUT2D eigenvalue weighted by molar-refractivity contribution is 7.89. The molecule has 0 bridgehead atoms. The van der Waals surface area contributed by atoms with Gasteiger partial charge >= 0.3 is 0 Å². The number of ether oxygens (including phenoxy) is 2. The Balaban J connectivity index is 2.29. The lowest BCUT2D eigenvalue weighted by Gasteiger charge is -2.29. The Bertz CT molecular complexity index is 829. The van der Waals surface area contributed by atoms with Gasteiger partial charge in [0.1, 0.15) is 16.7 Å². The molecule has 0 radical (unpaired) electrons. The Labute approximate surface area is 154 Å². The monoisotopic (exact) mass is 379 g/mol. The van der Waals surface area contributed by atoms with Gasteiger partial charge in [0.2, 0.25) is 10.0 Å². The van der Waals surface area contributed by atoms with E-state index < -0.39 is 20.9 Å². The molecule has 0 amide bonds. The molecule has 0 aliphatic heterocycles. The molecular formula is C19H25NO5S.